The van der Waals surface area contributed by atoms with Crippen molar-refractivity contribution < 1.29 is 14.6 Å². The van der Waals surface area contributed by atoms with Crippen LogP contribution in [0.3, 0.4) is 0 Å². The number of aliphatic hydroxyl groups excluding tert-OH is 1. The van der Waals surface area contributed by atoms with Crippen molar-refractivity contribution in [2.45, 2.75) is 45.4 Å². The van der Waals surface area contributed by atoms with Crippen LogP contribution in [0.4, 0.5) is 4.79 Å². The van der Waals surface area contributed by atoms with E-state index in [-0.39, 0.29) is 37.3 Å². The maximum absolute atomic E-state index is 12.8. The number of aliphatic hydroxyl groups is 1. The summed E-state index contributed by atoms with van der Waals surface area (Å²) in [6.45, 7) is 4.61. The molecule has 2 atom stereocenters. The summed E-state index contributed by atoms with van der Waals surface area (Å²) < 4.78 is 5.56. The summed E-state index contributed by atoms with van der Waals surface area (Å²) in [5.41, 5.74) is 2.03. The van der Waals surface area contributed by atoms with Crippen LogP contribution in [0.15, 0.2) is 72.6 Å². The standard InChI is InChI=1S/C23H28N2O3/c1-3-10-21-15-22(26)24(18(2)20-13-8-5-9-14-20)17-25(21)23(27)28-16-19-11-6-4-7-12-19/h4-9,11-15,18,21,26H,3,10,16-17H2,1-2H3/t18-,21+/m0/s1. The lowest BCUT2D eigenvalue weighted by molar-refractivity contribution is 0.0237. The first kappa shape index (κ1) is 19.8. The highest BCUT2D eigenvalue weighted by Gasteiger charge is 2.33. The molecule has 5 heteroatoms. The van der Waals surface area contributed by atoms with Gasteiger partial charge in [-0.3, -0.25) is 4.90 Å². The summed E-state index contributed by atoms with van der Waals surface area (Å²) in [5, 5.41) is 10.6. The Kier molecular flexibility index (Phi) is 6.58. The van der Waals surface area contributed by atoms with Gasteiger partial charge in [0.05, 0.1) is 12.1 Å². The first-order valence-electron chi connectivity index (χ1n) is 9.79. The van der Waals surface area contributed by atoms with Crippen molar-refractivity contribution in [3.63, 3.8) is 0 Å². The Morgan fingerprint density at radius 3 is 2.43 bits per heavy atom. The maximum atomic E-state index is 12.8. The molecule has 28 heavy (non-hydrogen) atoms. The van der Waals surface area contributed by atoms with Crippen LogP contribution < -0.4 is 0 Å². The summed E-state index contributed by atoms with van der Waals surface area (Å²) in [5.74, 6) is 0.210. The minimum Gasteiger partial charge on any atom is -0.495 e. The molecule has 1 amide bonds. The van der Waals surface area contributed by atoms with Gasteiger partial charge >= 0.3 is 6.09 Å². The molecule has 0 fully saturated rings. The van der Waals surface area contributed by atoms with Gasteiger partial charge in [0, 0.05) is 0 Å². The first-order valence-corrected chi connectivity index (χ1v) is 9.79. The van der Waals surface area contributed by atoms with Crippen molar-refractivity contribution in [2.75, 3.05) is 6.67 Å². The summed E-state index contributed by atoms with van der Waals surface area (Å²) in [4.78, 5) is 16.4. The van der Waals surface area contributed by atoms with Crippen LogP contribution in [-0.4, -0.2) is 33.7 Å². The molecule has 5 nitrogen and oxygen atoms in total. The van der Waals surface area contributed by atoms with Gasteiger partial charge in [0.15, 0.2) is 5.88 Å². The number of nitrogens with zero attached hydrogens (tertiary/aromatic N) is 2. The molecule has 1 heterocycles. The highest BCUT2D eigenvalue weighted by Crippen LogP contribution is 2.29. The SMILES string of the molecule is CCC[C@@H]1C=C(O)N([C@@H](C)c2ccccc2)CN1C(=O)OCc1ccccc1. The van der Waals surface area contributed by atoms with Gasteiger partial charge in [-0.2, -0.15) is 0 Å². The Balaban J connectivity index is 1.75. The van der Waals surface area contributed by atoms with Gasteiger partial charge in [0.1, 0.15) is 13.3 Å². The Morgan fingerprint density at radius 2 is 1.79 bits per heavy atom. The van der Waals surface area contributed by atoms with E-state index < -0.39 is 0 Å². The van der Waals surface area contributed by atoms with Crippen LogP contribution in [-0.2, 0) is 11.3 Å². The van der Waals surface area contributed by atoms with Crippen molar-refractivity contribution in [3.8, 4) is 0 Å². The second-order valence-corrected chi connectivity index (χ2v) is 7.09. The van der Waals surface area contributed by atoms with Gasteiger partial charge in [-0.05, 0) is 30.5 Å². The van der Waals surface area contributed by atoms with Crippen LogP contribution in [0.1, 0.15) is 43.9 Å². The van der Waals surface area contributed by atoms with Gasteiger partial charge < -0.3 is 14.7 Å². The lowest BCUT2D eigenvalue weighted by Crippen LogP contribution is -2.50. The molecule has 0 unspecified atom stereocenters. The molecule has 0 spiro atoms. The normalized spacial score (nSPS) is 17.8. The molecular formula is C23H28N2O3. The van der Waals surface area contributed by atoms with Crippen molar-refractivity contribution in [1.82, 2.24) is 9.80 Å². The minimum atomic E-state index is -0.365. The van der Waals surface area contributed by atoms with E-state index in [9.17, 15) is 9.90 Å². The maximum Gasteiger partial charge on any atom is 0.412 e. The van der Waals surface area contributed by atoms with Crippen LogP contribution in [0.25, 0.3) is 0 Å². The molecule has 0 aromatic heterocycles. The van der Waals surface area contributed by atoms with Crippen LogP contribution >= 0.6 is 0 Å². The molecule has 2 aromatic carbocycles. The monoisotopic (exact) mass is 380 g/mol. The number of hydrogen-bond acceptors (Lipinski definition) is 4. The fraction of sp³-hybridized carbons (Fsp3) is 0.348. The Bertz CT molecular complexity index is 792. The second kappa shape index (κ2) is 9.31. The molecule has 1 aliphatic heterocycles. The number of benzene rings is 2. The van der Waals surface area contributed by atoms with E-state index >= 15 is 0 Å². The van der Waals surface area contributed by atoms with Gasteiger partial charge in [0.2, 0.25) is 0 Å². The fourth-order valence-corrected chi connectivity index (χ4v) is 3.46. The summed E-state index contributed by atoms with van der Waals surface area (Å²) >= 11 is 0. The first-order chi connectivity index (χ1) is 13.6. The molecule has 0 saturated carbocycles. The van der Waals surface area contributed by atoms with E-state index in [1.807, 2.05) is 72.5 Å². The van der Waals surface area contributed by atoms with Gasteiger partial charge in [-0.25, -0.2) is 4.79 Å². The van der Waals surface area contributed by atoms with Gasteiger partial charge in [-0.15, -0.1) is 0 Å². The molecule has 0 aliphatic carbocycles. The van der Waals surface area contributed by atoms with Crippen LogP contribution in [0.5, 0.6) is 0 Å². The zero-order valence-electron chi connectivity index (χ0n) is 16.5. The van der Waals surface area contributed by atoms with Gasteiger partial charge in [-0.1, -0.05) is 74.0 Å². The fourth-order valence-electron chi connectivity index (χ4n) is 3.46. The molecule has 148 valence electrons. The Labute approximate surface area is 166 Å². The molecule has 1 aliphatic rings. The molecule has 0 bridgehead atoms. The van der Waals surface area contributed by atoms with E-state index in [2.05, 4.69) is 6.92 Å². The predicted octanol–water partition coefficient (Wildman–Crippen LogP) is 5.23. The average Bonchev–Trinajstić information content (AvgIpc) is 2.73. The smallest absolute Gasteiger partial charge is 0.412 e. The molecule has 0 saturated heterocycles. The lowest BCUT2D eigenvalue weighted by atomic mass is 10.0. The third-order valence-electron chi connectivity index (χ3n) is 5.11. The number of ether oxygens (including phenoxy) is 1. The Morgan fingerprint density at radius 1 is 1.14 bits per heavy atom. The molecule has 0 radical (unpaired) electrons. The number of hydrogen-bond donors (Lipinski definition) is 1. The zero-order valence-corrected chi connectivity index (χ0v) is 16.5. The molecule has 2 aromatic rings. The van der Waals surface area contributed by atoms with Crippen LogP contribution in [0, 0.1) is 0 Å². The molecular weight excluding hydrogens is 352 g/mol. The third kappa shape index (κ3) is 4.66. The summed E-state index contributed by atoms with van der Waals surface area (Å²) in [6.07, 6.45) is 3.08. The van der Waals surface area contributed by atoms with E-state index in [0.717, 1.165) is 24.0 Å². The lowest BCUT2D eigenvalue weighted by Gasteiger charge is -2.41. The summed E-state index contributed by atoms with van der Waals surface area (Å²) in [6, 6.07) is 19.4. The molecule has 1 N–H and O–H groups in total. The Hall–Kier alpha value is -2.95. The van der Waals surface area contributed by atoms with Gasteiger partial charge in [0.25, 0.3) is 0 Å². The number of carbonyl (C=O) groups is 1. The van der Waals surface area contributed by atoms with Crippen molar-refractivity contribution in [2.24, 2.45) is 0 Å². The average molecular weight is 380 g/mol. The predicted molar refractivity (Wildman–Crippen MR) is 109 cm³/mol. The van der Waals surface area contributed by atoms with E-state index in [1.165, 1.54) is 0 Å². The topological polar surface area (TPSA) is 53.0 Å². The quantitative estimate of drug-likeness (QED) is 0.746. The van der Waals surface area contributed by atoms with E-state index in [0.29, 0.717) is 0 Å². The number of carbonyl (C=O) groups excluding carboxylic acids is 1. The van der Waals surface area contributed by atoms with Crippen LogP contribution in [0.2, 0.25) is 0 Å². The van der Waals surface area contributed by atoms with E-state index in [4.69, 9.17) is 4.74 Å². The number of rotatable bonds is 6. The highest BCUT2D eigenvalue weighted by molar-refractivity contribution is 5.68. The van der Waals surface area contributed by atoms with Crippen molar-refractivity contribution in [3.05, 3.63) is 83.7 Å². The zero-order chi connectivity index (χ0) is 19.9. The minimum absolute atomic E-state index is 0.0653. The second-order valence-electron chi connectivity index (χ2n) is 7.09. The van der Waals surface area contributed by atoms with E-state index in [1.54, 1.807) is 11.0 Å². The van der Waals surface area contributed by atoms with Crippen molar-refractivity contribution in [1.29, 1.82) is 0 Å². The van der Waals surface area contributed by atoms with Crippen molar-refractivity contribution >= 4 is 6.09 Å². The molecule has 3 rings (SSSR count). The largest absolute Gasteiger partial charge is 0.495 e. The number of amides is 1. The highest BCUT2D eigenvalue weighted by atomic mass is 16.6. The third-order valence-corrected chi connectivity index (χ3v) is 5.11. The summed E-state index contributed by atoms with van der Waals surface area (Å²) in [7, 11) is 0.